The quantitative estimate of drug-likeness (QED) is 0.909. The normalized spacial score (nSPS) is 17.6. The van der Waals surface area contributed by atoms with Crippen LogP contribution in [-0.2, 0) is 16.0 Å². The molecule has 1 aliphatic rings. The van der Waals surface area contributed by atoms with Crippen molar-refractivity contribution < 1.29 is 9.59 Å². The number of H-pyrrole nitrogens is 1. The second kappa shape index (κ2) is 6.24. The third-order valence-corrected chi connectivity index (χ3v) is 4.27. The monoisotopic (exact) mass is 312 g/mol. The molecular formula is C17H20N4O2. The zero-order valence-corrected chi connectivity index (χ0v) is 13.3. The van der Waals surface area contributed by atoms with Gasteiger partial charge in [0.05, 0.1) is 5.92 Å². The van der Waals surface area contributed by atoms with Crippen LogP contribution in [0.1, 0.15) is 24.6 Å². The highest BCUT2D eigenvalue weighted by Crippen LogP contribution is 2.26. The number of carbonyl (C=O) groups is 2. The number of aryl methyl sites for hydroxylation is 1. The summed E-state index contributed by atoms with van der Waals surface area (Å²) in [6, 6.07) is 9.43. The van der Waals surface area contributed by atoms with Crippen LogP contribution in [0.2, 0.25) is 0 Å². The van der Waals surface area contributed by atoms with Crippen LogP contribution in [0.4, 0.5) is 11.5 Å². The van der Waals surface area contributed by atoms with Crippen LogP contribution in [0, 0.1) is 12.8 Å². The molecule has 6 nitrogen and oxygen atoms in total. The van der Waals surface area contributed by atoms with Crippen molar-refractivity contribution in [3.63, 3.8) is 0 Å². The Balaban J connectivity index is 1.69. The number of benzene rings is 1. The van der Waals surface area contributed by atoms with Crippen molar-refractivity contribution in [2.75, 3.05) is 16.8 Å². The van der Waals surface area contributed by atoms with Gasteiger partial charge in [0.25, 0.3) is 0 Å². The molecule has 1 atom stereocenters. The molecule has 6 heteroatoms. The Morgan fingerprint density at radius 2 is 2.13 bits per heavy atom. The van der Waals surface area contributed by atoms with Gasteiger partial charge < -0.3 is 10.2 Å². The molecule has 0 saturated carbocycles. The van der Waals surface area contributed by atoms with Gasteiger partial charge >= 0.3 is 0 Å². The van der Waals surface area contributed by atoms with E-state index in [2.05, 4.69) is 15.5 Å². The predicted molar refractivity (Wildman–Crippen MR) is 88.2 cm³/mol. The summed E-state index contributed by atoms with van der Waals surface area (Å²) in [7, 11) is 0. The molecule has 23 heavy (non-hydrogen) atoms. The van der Waals surface area contributed by atoms with E-state index in [0.29, 0.717) is 12.4 Å². The van der Waals surface area contributed by atoms with Gasteiger partial charge in [-0.05, 0) is 25.5 Å². The average molecular weight is 312 g/mol. The molecule has 0 aliphatic carbocycles. The molecule has 1 fully saturated rings. The number of nitrogens with zero attached hydrogens (tertiary/aromatic N) is 2. The molecule has 1 aliphatic heterocycles. The second-order valence-corrected chi connectivity index (χ2v) is 5.76. The number of aromatic nitrogens is 2. The number of hydrogen-bond donors (Lipinski definition) is 2. The highest BCUT2D eigenvalue weighted by Gasteiger charge is 2.35. The molecule has 2 amide bonds. The summed E-state index contributed by atoms with van der Waals surface area (Å²) in [5, 5.41) is 9.90. The van der Waals surface area contributed by atoms with E-state index in [1.807, 2.05) is 44.2 Å². The standard InChI is InChI=1S/C17H20N4O2/c1-3-14-11(2)16(20-19-14)18-17(23)12-9-15(22)21(10-12)13-7-5-4-6-8-13/h4-8,12H,3,9-10H2,1-2H3,(H2,18,19,20,23)/t12-/m0/s1. The van der Waals surface area contributed by atoms with Crippen molar-refractivity contribution in [3.8, 4) is 0 Å². The fourth-order valence-corrected chi connectivity index (χ4v) is 2.86. The van der Waals surface area contributed by atoms with E-state index >= 15 is 0 Å². The van der Waals surface area contributed by atoms with Crippen molar-refractivity contribution >= 4 is 23.3 Å². The third-order valence-electron chi connectivity index (χ3n) is 4.27. The molecule has 2 aromatic rings. The van der Waals surface area contributed by atoms with Crippen molar-refractivity contribution in [2.45, 2.75) is 26.7 Å². The molecule has 0 spiro atoms. The maximum Gasteiger partial charge on any atom is 0.231 e. The Morgan fingerprint density at radius 1 is 1.39 bits per heavy atom. The molecule has 1 aromatic carbocycles. The minimum Gasteiger partial charge on any atom is -0.312 e. The lowest BCUT2D eigenvalue weighted by Crippen LogP contribution is -2.28. The minimum atomic E-state index is -0.358. The van der Waals surface area contributed by atoms with Crippen LogP contribution >= 0.6 is 0 Å². The summed E-state index contributed by atoms with van der Waals surface area (Å²) in [6.07, 6.45) is 1.06. The molecule has 120 valence electrons. The highest BCUT2D eigenvalue weighted by molar-refractivity contribution is 6.03. The predicted octanol–water partition coefficient (Wildman–Crippen LogP) is 2.27. The average Bonchev–Trinajstić information content (AvgIpc) is 3.12. The van der Waals surface area contributed by atoms with Crippen molar-refractivity contribution in [2.24, 2.45) is 5.92 Å². The van der Waals surface area contributed by atoms with Crippen molar-refractivity contribution in [1.82, 2.24) is 10.2 Å². The van der Waals surface area contributed by atoms with E-state index in [1.165, 1.54) is 0 Å². The number of para-hydroxylation sites is 1. The lowest BCUT2D eigenvalue weighted by molar-refractivity contribution is -0.122. The minimum absolute atomic E-state index is 0.0238. The van der Waals surface area contributed by atoms with Gasteiger partial charge in [-0.25, -0.2) is 0 Å². The molecule has 1 aromatic heterocycles. The number of anilines is 2. The fourth-order valence-electron chi connectivity index (χ4n) is 2.86. The largest absolute Gasteiger partial charge is 0.312 e. The van der Waals surface area contributed by atoms with Gasteiger partial charge in [0, 0.05) is 29.9 Å². The molecule has 0 radical (unpaired) electrons. The van der Waals surface area contributed by atoms with Crippen LogP contribution in [0.25, 0.3) is 0 Å². The topological polar surface area (TPSA) is 78.1 Å². The first-order valence-electron chi connectivity index (χ1n) is 7.80. The first kappa shape index (κ1) is 15.3. The van der Waals surface area contributed by atoms with E-state index in [4.69, 9.17) is 0 Å². The molecule has 3 rings (SSSR count). The Kier molecular flexibility index (Phi) is 4.14. The van der Waals surface area contributed by atoms with Crippen LogP contribution in [0.15, 0.2) is 30.3 Å². The first-order chi connectivity index (χ1) is 11.1. The Bertz CT molecular complexity index is 723. The first-order valence-corrected chi connectivity index (χ1v) is 7.80. The van der Waals surface area contributed by atoms with E-state index < -0.39 is 0 Å². The number of rotatable bonds is 4. The highest BCUT2D eigenvalue weighted by atomic mass is 16.2. The zero-order valence-electron chi connectivity index (χ0n) is 13.3. The van der Waals surface area contributed by atoms with Gasteiger partial charge in [0.1, 0.15) is 0 Å². The summed E-state index contributed by atoms with van der Waals surface area (Å²) in [4.78, 5) is 26.3. The van der Waals surface area contributed by atoms with Crippen LogP contribution in [-0.4, -0.2) is 28.6 Å². The number of carbonyl (C=O) groups excluding carboxylic acids is 2. The maximum atomic E-state index is 12.4. The van der Waals surface area contributed by atoms with Crippen LogP contribution in [0.3, 0.4) is 0 Å². The van der Waals surface area contributed by atoms with Crippen molar-refractivity contribution in [1.29, 1.82) is 0 Å². The lowest BCUT2D eigenvalue weighted by atomic mass is 10.1. The number of nitrogens with one attached hydrogen (secondary N) is 2. The van der Waals surface area contributed by atoms with Gasteiger partial charge in [-0.3, -0.25) is 14.7 Å². The Labute approximate surface area is 134 Å². The molecule has 1 saturated heterocycles. The van der Waals surface area contributed by atoms with Gasteiger partial charge in [-0.2, -0.15) is 5.10 Å². The van der Waals surface area contributed by atoms with Gasteiger partial charge in [-0.15, -0.1) is 0 Å². The van der Waals surface area contributed by atoms with E-state index in [-0.39, 0.29) is 24.2 Å². The molecular weight excluding hydrogens is 292 g/mol. The molecule has 2 N–H and O–H groups in total. The maximum absolute atomic E-state index is 12.4. The van der Waals surface area contributed by atoms with E-state index in [1.54, 1.807) is 4.90 Å². The molecule has 2 heterocycles. The summed E-state index contributed by atoms with van der Waals surface area (Å²) < 4.78 is 0. The van der Waals surface area contributed by atoms with Crippen LogP contribution in [0.5, 0.6) is 0 Å². The van der Waals surface area contributed by atoms with Crippen molar-refractivity contribution in [3.05, 3.63) is 41.6 Å². The molecule has 0 bridgehead atoms. The second-order valence-electron chi connectivity index (χ2n) is 5.76. The molecule has 0 unspecified atom stereocenters. The summed E-state index contributed by atoms with van der Waals surface area (Å²) >= 11 is 0. The summed E-state index contributed by atoms with van der Waals surface area (Å²) in [5.74, 6) is 0.0136. The third kappa shape index (κ3) is 2.97. The number of aromatic amines is 1. The fraction of sp³-hybridized carbons (Fsp3) is 0.353. The van der Waals surface area contributed by atoms with Gasteiger partial charge in [-0.1, -0.05) is 25.1 Å². The SMILES string of the molecule is CCc1[nH]nc(NC(=O)[C@H]2CC(=O)N(c3ccccc3)C2)c1C. The summed E-state index contributed by atoms with van der Waals surface area (Å²) in [6.45, 7) is 4.35. The lowest BCUT2D eigenvalue weighted by Gasteiger charge is -2.16. The summed E-state index contributed by atoms with van der Waals surface area (Å²) in [5.41, 5.74) is 2.79. The Morgan fingerprint density at radius 3 is 2.78 bits per heavy atom. The smallest absolute Gasteiger partial charge is 0.231 e. The van der Waals surface area contributed by atoms with E-state index in [0.717, 1.165) is 23.4 Å². The van der Waals surface area contributed by atoms with Gasteiger partial charge in [0.2, 0.25) is 11.8 Å². The van der Waals surface area contributed by atoms with Crippen LogP contribution < -0.4 is 10.2 Å². The van der Waals surface area contributed by atoms with Gasteiger partial charge in [0.15, 0.2) is 5.82 Å². The zero-order chi connectivity index (χ0) is 16.4. The van der Waals surface area contributed by atoms with E-state index in [9.17, 15) is 9.59 Å². The Hall–Kier alpha value is -2.63. The number of hydrogen-bond acceptors (Lipinski definition) is 3. The number of amides is 2.